The Labute approximate surface area is 175 Å². The number of fused-ring (bicyclic) bond motifs is 1. The van der Waals surface area contributed by atoms with Crippen LogP contribution >= 0.6 is 11.3 Å². The Kier molecular flexibility index (Phi) is 5.85. The van der Waals surface area contributed by atoms with Crippen LogP contribution in [0.3, 0.4) is 0 Å². The predicted molar refractivity (Wildman–Crippen MR) is 117 cm³/mol. The maximum absolute atomic E-state index is 12.8. The van der Waals surface area contributed by atoms with E-state index in [2.05, 4.69) is 38.2 Å². The van der Waals surface area contributed by atoms with E-state index in [-0.39, 0.29) is 24.3 Å². The van der Waals surface area contributed by atoms with E-state index in [1.807, 2.05) is 19.9 Å². The molecular formula is C23H27NO4S. The lowest BCUT2D eigenvalue weighted by Crippen LogP contribution is -2.16. The Hall–Kier alpha value is -2.60. The summed E-state index contributed by atoms with van der Waals surface area (Å²) < 4.78 is 10.8. The number of ether oxygens (including phenoxy) is 1. The van der Waals surface area contributed by atoms with Crippen LogP contribution in [0.25, 0.3) is 11.0 Å². The molecule has 5 nitrogen and oxygen atoms in total. The van der Waals surface area contributed by atoms with Gasteiger partial charge < -0.3 is 14.5 Å². The van der Waals surface area contributed by atoms with Crippen molar-refractivity contribution >= 4 is 39.2 Å². The van der Waals surface area contributed by atoms with E-state index in [9.17, 15) is 9.59 Å². The minimum Gasteiger partial charge on any atom is -0.464 e. The van der Waals surface area contributed by atoms with Crippen LogP contribution in [0.5, 0.6) is 0 Å². The Morgan fingerprint density at radius 1 is 1.21 bits per heavy atom. The molecule has 0 fully saturated rings. The molecule has 0 radical (unpaired) electrons. The van der Waals surface area contributed by atoms with E-state index in [1.165, 1.54) is 16.9 Å². The van der Waals surface area contributed by atoms with Crippen molar-refractivity contribution < 1.29 is 18.7 Å². The van der Waals surface area contributed by atoms with E-state index in [0.29, 0.717) is 10.6 Å². The highest BCUT2D eigenvalue weighted by molar-refractivity contribution is 7.16. The molecule has 1 amide bonds. The quantitative estimate of drug-likeness (QED) is 0.540. The summed E-state index contributed by atoms with van der Waals surface area (Å²) in [6, 6.07) is 6.09. The van der Waals surface area contributed by atoms with Gasteiger partial charge in [-0.15, -0.1) is 11.3 Å². The monoisotopic (exact) mass is 413 g/mol. The first-order valence-corrected chi connectivity index (χ1v) is 10.5. The number of hydrogen-bond donors (Lipinski definition) is 1. The summed E-state index contributed by atoms with van der Waals surface area (Å²) >= 11 is 1.39. The zero-order valence-corrected chi connectivity index (χ0v) is 18.6. The summed E-state index contributed by atoms with van der Waals surface area (Å²) in [5.74, 6) is -0.603. The Bertz CT molecular complexity index is 1070. The number of aryl methyl sites for hydroxylation is 1. The molecule has 0 atom stereocenters. The normalized spacial score (nSPS) is 11.7. The molecule has 6 heteroatoms. The van der Waals surface area contributed by atoms with Crippen LogP contribution in [0.15, 0.2) is 28.9 Å². The van der Waals surface area contributed by atoms with Crippen LogP contribution in [0.4, 0.5) is 5.00 Å². The minimum absolute atomic E-state index is 0.00551. The first kappa shape index (κ1) is 21.1. The van der Waals surface area contributed by atoms with Crippen molar-refractivity contribution in [2.24, 2.45) is 0 Å². The molecule has 29 heavy (non-hydrogen) atoms. The van der Waals surface area contributed by atoms with Gasteiger partial charge in [0.2, 0.25) is 5.91 Å². The molecule has 2 aromatic heterocycles. The Morgan fingerprint density at radius 2 is 1.93 bits per heavy atom. The molecule has 2 heterocycles. The highest BCUT2D eigenvalue weighted by Gasteiger charge is 2.23. The SMILES string of the molecule is CCOC(=O)c1c(NC(=O)Cc2coc3ccc(C(C)(C)C)cc23)sc(C)c1C. The number of amides is 1. The molecule has 0 aliphatic rings. The van der Waals surface area contributed by atoms with Gasteiger partial charge in [-0.3, -0.25) is 4.79 Å². The molecule has 0 aliphatic carbocycles. The molecular weight excluding hydrogens is 386 g/mol. The first-order valence-electron chi connectivity index (χ1n) is 9.69. The number of benzene rings is 1. The van der Waals surface area contributed by atoms with Gasteiger partial charge in [0, 0.05) is 15.8 Å². The second-order valence-corrected chi connectivity index (χ2v) is 9.38. The van der Waals surface area contributed by atoms with Crippen molar-refractivity contribution in [1.29, 1.82) is 0 Å². The second-order valence-electron chi connectivity index (χ2n) is 8.15. The molecule has 0 saturated carbocycles. The lowest BCUT2D eigenvalue weighted by molar-refractivity contribution is -0.115. The molecule has 0 saturated heterocycles. The molecule has 1 N–H and O–H groups in total. The third kappa shape index (κ3) is 4.37. The molecule has 0 bridgehead atoms. The van der Waals surface area contributed by atoms with Gasteiger partial charge in [-0.2, -0.15) is 0 Å². The van der Waals surface area contributed by atoms with Crippen molar-refractivity contribution in [1.82, 2.24) is 0 Å². The molecule has 3 aromatic rings. The van der Waals surface area contributed by atoms with Crippen LogP contribution in [0, 0.1) is 13.8 Å². The fourth-order valence-corrected chi connectivity index (χ4v) is 4.26. The number of carbonyl (C=O) groups is 2. The zero-order chi connectivity index (χ0) is 21.3. The number of esters is 1. The van der Waals surface area contributed by atoms with E-state index in [0.717, 1.165) is 27.0 Å². The summed E-state index contributed by atoms with van der Waals surface area (Å²) in [7, 11) is 0. The van der Waals surface area contributed by atoms with E-state index >= 15 is 0 Å². The zero-order valence-electron chi connectivity index (χ0n) is 17.8. The van der Waals surface area contributed by atoms with E-state index in [1.54, 1.807) is 13.2 Å². The van der Waals surface area contributed by atoms with Crippen LogP contribution in [0.2, 0.25) is 0 Å². The smallest absolute Gasteiger partial charge is 0.341 e. The Morgan fingerprint density at radius 3 is 2.59 bits per heavy atom. The molecule has 154 valence electrons. The van der Waals surface area contributed by atoms with E-state index < -0.39 is 5.97 Å². The number of anilines is 1. The minimum atomic E-state index is -0.409. The Balaban J connectivity index is 1.85. The molecule has 3 rings (SSSR count). The van der Waals surface area contributed by atoms with Gasteiger partial charge in [-0.25, -0.2) is 4.79 Å². The molecule has 1 aromatic carbocycles. The predicted octanol–water partition coefficient (Wildman–Crippen LogP) is 5.77. The third-order valence-corrected chi connectivity index (χ3v) is 6.11. The number of furan rings is 1. The maximum atomic E-state index is 12.8. The van der Waals surface area contributed by atoms with Crippen molar-refractivity contribution in [3.8, 4) is 0 Å². The number of rotatable bonds is 5. The first-order chi connectivity index (χ1) is 13.6. The van der Waals surface area contributed by atoms with Crippen molar-refractivity contribution in [2.75, 3.05) is 11.9 Å². The van der Waals surface area contributed by atoms with Gasteiger partial charge in [0.25, 0.3) is 0 Å². The lowest BCUT2D eigenvalue weighted by Gasteiger charge is -2.18. The number of carbonyl (C=O) groups excluding carboxylic acids is 2. The fraction of sp³-hybridized carbons (Fsp3) is 0.391. The number of nitrogens with one attached hydrogen (secondary N) is 1. The van der Waals surface area contributed by atoms with Crippen LogP contribution < -0.4 is 5.32 Å². The summed E-state index contributed by atoms with van der Waals surface area (Å²) in [4.78, 5) is 26.1. The number of hydrogen-bond acceptors (Lipinski definition) is 5. The average Bonchev–Trinajstić information content (AvgIpc) is 3.15. The van der Waals surface area contributed by atoms with E-state index in [4.69, 9.17) is 9.15 Å². The van der Waals surface area contributed by atoms with Gasteiger partial charge in [0.15, 0.2) is 0 Å². The highest BCUT2D eigenvalue weighted by atomic mass is 32.1. The molecule has 0 aliphatic heterocycles. The van der Waals surface area contributed by atoms with Crippen molar-refractivity contribution in [3.63, 3.8) is 0 Å². The summed E-state index contributed by atoms with van der Waals surface area (Å²) in [6.45, 7) is 12.3. The number of thiophene rings is 1. The van der Waals surface area contributed by atoms with Gasteiger partial charge in [0.05, 0.1) is 24.9 Å². The second kappa shape index (κ2) is 8.03. The van der Waals surface area contributed by atoms with Crippen LogP contribution in [-0.2, 0) is 21.4 Å². The van der Waals surface area contributed by atoms with Gasteiger partial charge in [0.1, 0.15) is 10.6 Å². The average molecular weight is 414 g/mol. The topological polar surface area (TPSA) is 68.5 Å². The summed E-state index contributed by atoms with van der Waals surface area (Å²) in [5, 5.41) is 4.37. The maximum Gasteiger partial charge on any atom is 0.341 e. The van der Waals surface area contributed by atoms with Crippen LogP contribution in [0.1, 0.15) is 59.6 Å². The standard InChI is InChI=1S/C23H27NO4S/c1-7-27-22(26)20-13(2)14(3)29-21(20)24-19(25)10-15-12-28-18-9-8-16(11-17(15)18)23(4,5)6/h8-9,11-12H,7,10H2,1-6H3,(H,24,25). The van der Waals surface area contributed by atoms with Gasteiger partial charge in [-0.05, 0) is 49.4 Å². The fourth-order valence-electron chi connectivity index (χ4n) is 3.19. The largest absolute Gasteiger partial charge is 0.464 e. The third-order valence-electron chi connectivity index (χ3n) is 4.99. The molecule has 0 unspecified atom stereocenters. The highest BCUT2D eigenvalue weighted by Crippen LogP contribution is 2.34. The molecule has 0 spiro atoms. The van der Waals surface area contributed by atoms with Crippen LogP contribution in [-0.4, -0.2) is 18.5 Å². The summed E-state index contributed by atoms with van der Waals surface area (Å²) in [6.07, 6.45) is 1.80. The van der Waals surface area contributed by atoms with Crippen molar-refractivity contribution in [2.45, 2.75) is 53.4 Å². The van der Waals surface area contributed by atoms with Crippen molar-refractivity contribution in [3.05, 3.63) is 51.6 Å². The van der Waals surface area contributed by atoms with Gasteiger partial charge >= 0.3 is 5.97 Å². The lowest BCUT2D eigenvalue weighted by atomic mass is 9.86. The van der Waals surface area contributed by atoms with Gasteiger partial charge in [-0.1, -0.05) is 26.8 Å². The summed E-state index contributed by atoms with van der Waals surface area (Å²) in [5.41, 5.74) is 4.05.